The number of benzene rings is 2. The third kappa shape index (κ3) is 5.65. The number of hydrogen-bond acceptors (Lipinski definition) is 6. The molecule has 0 spiro atoms. The van der Waals surface area contributed by atoms with Crippen LogP contribution < -0.4 is 5.32 Å². The van der Waals surface area contributed by atoms with Crippen LogP contribution in [-0.4, -0.2) is 65.2 Å². The van der Waals surface area contributed by atoms with Gasteiger partial charge in [0.25, 0.3) is 0 Å². The summed E-state index contributed by atoms with van der Waals surface area (Å²) in [7, 11) is 3.47. The number of ether oxygens (including phenoxy) is 1. The molecule has 2 aliphatic rings. The van der Waals surface area contributed by atoms with E-state index in [1.54, 1.807) is 26.5 Å². The van der Waals surface area contributed by atoms with E-state index in [1.165, 1.54) is 0 Å². The molecule has 0 saturated carbocycles. The standard InChI is InChI=1S/C24H26N2O5S2/c27-22(26-11-13-32-33-14-12-26)10-9-21(23(28)29)25-24(30)31-15-20-18-7-3-1-5-16(18)17-6-2-4-8-19(17)20/h1-8,20-21H,9-15H2,(H,25,30)(H,28,29)/t21-/m0/s1. The number of fused-ring (bicyclic) bond motifs is 3. The van der Waals surface area contributed by atoms with E-state index in [0.29, 0.717) is 13.1 Å². The maximum absolute atomic E-state index is 12.5. The number of nitrogens with one attached hydrogen (secondary N) is 1. The van der Waals surface area contributed by atoms with Gasteiger partial charge in [-0.2, -0.15) is 0 Å². The van der Waals surface area contributed by atoms with E-state index in [1.807, 2.05) is 48.5 Å². The Balaban J connectivity index is 1.32. The van der Waals surface area contributed by atoms with Crippen LogP contribution in [0.2, 0.25) is 0 Å². The maximum Gasteiger partial charge on any atom is 0.407 e. The molecule has 4 rings (SSSR count). The number of carbonyl (C=O) groups is 3. The Morgan fingerprint density at radius 3 is 2.15 bits per heavy atom. The number of rotatable bonds is 7. The summed E-state index contributed by atoms with van der Waals surface area (Å²) in [5.41, 5.74) is 4.41. The van der Waals surface area contributed by atoms with Gasteiger partial charge in [0.1, 0.15) is 12.6 Å². The molecule has 1 atom stereocenters. The molecule has 1 aliphatic heterocycles. The molecule has 33 heavy (non-hydrogen) atoms. The lowest BCUT2D eigenvalue weighted by Gasteiger charge is -2.21. The first-order valence-electron chi connectivity index (χ1n) is 10.9. The summed E-state index contributed by atoms with van der Waals surface area (Å²) in [6.07, 6.45) is -0.704. The van der Waals surface area contributed by atoms with Crippen molar-refractivity contribution in [1.82, 2.24) is 10.2 Å². The van der Waals surface area contributed by atoms with Crippen molar-refractivity contribution in [1.29, 1.82) is 0 Å². The maximum atomic E-state index is 12.5. The fourth-order valence-corrected chi connectivity index (χ4v) is 6.22. The largest absolute Gasteiger partial charge is 0.480 e. The van der Waals surface area contributed by atoms with Gasteiger partial charge in [-0.3, -0.25) is 4.79 Å². The van der Waals surface area contributed by atoms with Crippen molar-refractivity contribution < 1.29 is 24.2 Å². The van der Waals surface area contributed by atoms with Crippen LogP contribution in [0.3, 0.4) is 0 Å². The van der Waals surface area contributed by atoms with Crippen LogP contribution in [0, 0.1) is 0 Å². The zero-order valence-corrected chi connectivity index (χ0v) is 19.7. The SMILES string of the molecule is O=C(N[C@@H](CCC(=O)N1CCSSCC1)C(=O)O)OCC1c2ccccc2-c2ccccc21. The van der Waals surface area contributed by atoms with Crippen molar-refractivity contribution in [3.8, 4) is 11.1 Å². The Bertz CT molecular complexity index is 978. The van der Waals surface area contributed by atoms with Crippen molar-refractivity contribution in [3.05, 3.63) is 59.7 Å². The van der Waals surface area contributed by atoms with Crippen molar-refractivity contribution in [2.45, 2.75) is 24.8 Å². The van der Waals surface area contributed by atoms with Gasteiger partial charge in [-0.15, -0.1) is 0 Å². The lowest BCUT2D eigenvalue weighted by molar-refractivity contribution is -0.139. The van der Waals surface area contributed by atoms with E-state index >= 15 is 0 Å². The lowest BCUT2D eigenvalue weighted by atomic mass is 9.98. The van der Waals surface area contributed by atoms with Crippen molar-refractivity contribution >= 4 is 39.6 Å². The second-order valence-corrected chi connectivity index (χ2v) is 10.6. The summed E-state index contributed by atoms with van der Waals surface area (Å²) in [5, 5.41) is 11.9. The monoisotopic (exact) mass is 486 g/mol. The van der Waals surface area contributed by atoms with Crippen LogP contribution in [0.25, 0.3) is 11.1 Å². The number of hydrogen-bond donors (Lipinski definition) is 2. The summed E-state index contributed by atoms with van der Waals surface area (Å²) >= 11 is 0. The highest BCUT2D eigenvalue weighted by Gasteiger charge is 2.30. The molecule has 1 saturated heterocycles. The summed E-state index contributed by atoms with van der Waals surface area (Å²) in [4.78, 5) is 38.3. The third-order valence-corrected chi connectivity index (χ3v) is 8.27. The minimum Gasteiger partial charge on any atom is -0.480 e. The fraction of sp³-hybridized carbons (Fsp3) is 0.375. The Kier molecular flexibility index (Phi) is 7.82. The zero-order valence-electron chi connectivity index (χ0n) is 18.1. The number of amides is 2. The molecule has 2 aromatic carbocycles. The highest BCUT2D eigenvalue weighted by Crippen LogP contribution is 2.44. The first kappa shape index (κ1) is 23.5. The Hall–Kier alpha value is -2.65. The van der Waals surface area contributed by atoms with Crippen LogP contribution in [0.4, 0.5) is 4.79 Å². The smallest absolute Gasteiger partial charge is 0.407 e. The molecule has 2 N–H and O–H groups in total. The number of carbonyl (C=O) groups excluding carboxylic acids is 2. The first-order valence-corrected chi connectivity index (χ1v) is 13.4. The van der Waals surface area contributed by atoms with E-state index < -0.39 is 18.1 Å². The van der Waals surface area contributed by atoms with Gasteiger partial charge in [0.2, 0.25) is 5.91 Å². The summed E-state index contributed by atoms with van der Waals surface area (Å²) in [6, 6.07) is 14.8. The Morgan fingerprint density at radius 1 is 1.00 bits per heavy atom. The molecule has 1 heterocycles. The van der Waals surface area contributed by atoms with E-state index in [0.717, 1.165) is 33.8 Å². The zero-order chi connectivity index (χ0) is 23.2. The predicted molar refractivity (Wildman–Crippen MR) is 130 cm³/mol. The van der Waals surface area contributed by atoms with Crippen LogP contribution in [0.15, 0.2) is 48.5 Å². The molecule has 0 radical (unpaired) electrons. The lowest BCUT2D eigenvalue weighted by Crippen LogP contribution is -2.42. The topological polar surface area (TPSA) is 95.9 Å². The summed E-state index contributed by atoms with van der Waals surface area (Å²) in [5.74, 6) is 0.344. The van der Waals surface area contributed by atoms with Gasteiger partial charge >= 0.3 is 12.1 Å². The van der Waals surface area contributed by atoms with Gasteiger partial charge in [0.15, 0.2) is 0 Å². The number of carboxylic acids is 1. The molecule has 0 unspecified atom stereocenters. The van der Waals surface area contributed by atoms with Crippen molar-refractivity contribution in [2.75, 3.05) is 31.2 Å². The van der Waals surface area contributed by atoms with Crippen molar-refractivity contribution in [3.63, 3.8) is 0 Å². The van der Waals surface area contributed by atoms with Crippen LogP contribution >= 0.6 is 21.6 Å². The molecule has 1 fully saturated rings. The quantitative estimate of drug-likeness (QED) is 0.572. The van der Waals surface area contributed by atoms with Crippen LogP contribution in [0.5, 0.6) is 0 Å². The van der Waals surface area contributed by atoms with E-state index in [9.17, 15) is 19.5 Å². The van der Waals surface area contributed by atoms with E-state index in [4.69, 9.17) is 4.74 Å². The molecule has 0 bridgehead atoms. The Labute approximate surface area is 200 Å². The van der Waals surface area contributed by atoms with Gasteiger partial charge in [0.05, 0.1) is 0 Å². The summed E-state index contributed by atoms with van der Waals surface area (Å²) < 4.78 is 5.45. The predicted octanol–water partition coefficient (Wildman–Crippen LogP) is 3.98. The molecule has 9 heteroatoms. The first-order chi connectivity index (χ1) is 16.0. The van der Waals surface area contributed by atoms with Crippen LogP contribution in [-0.2, 0) is 14.3 Å². The van der Waals surface area contributed by atoms with E-state index in [-0.39, 0.29) is 31.3 Å². The number of aliphatic carboxylic acids is 1. The fourth-order valence-electron chi connectivity index (χ4n) is 4.24. The average molecular weight is 487 g/mol. The number of alkyl carbamates (subject to hydrolysis) is 1. The molecule has 0 aromatic heterocycles. The minimum atomic E-state index is -1.18. The van der Waals surface area contributed by atoms with Gasteiger partial charge in [-0.25, -0.2) is 9.59 Å². The number of carboxylic acid groups (broad SMARTS) is 1. The average Bonchev–Trinajstić information content (AvgIpc) is 2.95. The minimum absolute atomic E-state index is 0.0230. The van der Waals surface area contributed by atoms with Gasteiger partial charge in [0, 0.05) is 36.9 Å². The molecule has 7 nitrogen and oxygen atoms in total. The van der Waals surface area contributed by atoms with Gasteiger partial charge < -0.3 is 20.1 Å². The molecule has 174 valence electrons. The van der Waals surface area contributed by atoms with Gasteiger partial charge in [-0.05, 0) is 28.7 Å². The molecule has 2 amide bonds. The normalized spacial score (nSPS) is 16.3. The molecular weight excluding hydrogens is 460 g/mol. The second kappa shape index (κ2) is 11.0. The molecule has 1 aliphatic carbocycles. The highest BCUT2D eigenvalue weighted by atomic mass is 33.1. The number of nitrogens with zero attached hydrogens (tertiary/aromatic N) is 1. The van der Waals surface area contributed by atoms with Crippen LogP contribution in [0.1, 0.15) is 29.9 Å². The van der Waals surface area contributed by atoms with Gasteiger partial charge in [-0.1, -0.05) is 70.1 Å². The van der Waals surface area contributed by atoms with E-state index in [2.05, 4.69) is 5.32 Å². The highest BCUT2D eigenvalue weighted by molar-refractivity contribution is 8.76. The third-order valence-electron chi connectivity index (χ3n) is 5.91. The summed E-state index contributed by atoms with van der Waals surface area (Å²) in [6.45, 7) is 1.43. The van der Waals surface area contributed by atoms with Crippen molar-refractivity contribution in [2.24, 2.45) is 0 Å². The Morgan fingerprint density at radius 2 is 1.58 bits per heavy atom. The molecular formula is C24H26N2O5S2. The second-order valence-electron chi connectivity index (χ2n) is 7.92. The molecule has 2 aromatic rings.